The molecule has 2 aromatic rings. The topological polar surface area (TPSA) is 38.7 Å². The zero-order valence-electron chi connectivity index (χ0n) is 7.23. The van der Waals surface area contributed by atoms with Gasteiger partial charge in [-0.15, -0.1) is 0 Å². The molecule has 0 N–H and O–H groups in total. The van der Waals surface area contributed by atoms with Crippen molar-refractivity contribution in [2.24, 2.45) is 0 Å². The highest BCUT2D eigenvalue weighted by Crippen LogP contribution is 2.11. The van der Waals surface area contributed by atoms with Crippen LogP contribution >= 0.6 is 0 Å². The lowest BCUT2D eigenvalue weighted by atomic mass is 10.2. The molecule has 2 rings (SSSR count). The van der Waals surface area contributed by atoms with Gasteiger partial charge in [0.25, 0.3) is 0 Å². The van der Waals surface area contributed by atoms with E-state index in [0.717, 1.165) is 5.56 Å². The van der Waals surface area contributed by atoms with Crippen LogP contribution in [-0.2, 0) is 0 Å². The zero-order chi connectivity index (χ0) is 9.10. The first-order valence-electron chi connectivity index (χ1n) is 4.00. The van der Waals surface area contributed by atoms with Crippen LogP contribution in [0.25, 0.3) is 11.4 Å². The third kappa shape index (κ3) is 1.69. The van der Waals surface area contributed by atoms with Crippen LogP contribution in [-0.4, -0.2) is 15.0 Å². The molecular formula is C10H8N3. The van der Waals surface area contributed by atoms with Gasteiger partial charge >= 0.3 is 0 Å². The summed E-state index contributed by atoms with van der Waals surface area (Å²) in [6.07, 6.45) is 2.57. The standard InChI is InChI=1S/C10H8N3/c1-8-11-7-12-10(13-8)9-5-3-2-4-6-9/h2-6H,1H3. The number of rotatable bonds is 1. The van der Waals surface area contributed by atoms with Crippen LogP contribution < -0.4 is 0 Å². The predicted molar refractivity (Wildman–Crippen MR) is 48.8 cm³/mol. The van der Waals surface area contributed by atoms with Gasteiger partial charge in [-0.3, -0.25) is 0 Å². The number of hydrogen-bond donors (Lipinski definition) is 0. The van der Waals surface area contributed by atoms with Gasteiger partial charge in [0.05, 0.1) is 0 Å². The van der Waals surface area contributed by atoms with Gasteiger partial charge in [0.1, 0.15) is 5.82 Å². The Morgan fingerprint density at radius 1 is 1.08 bits per heavy atom. The number of hydrogen-bond acceptors (Lipinski definition) is 3. The van der Waals surface area contributed by atoms with Gasteiger partial charge in [0.15, 0.2) is 5.82 Å². The molecule has 0 amide bonds. The smallest absolute Gasteiger partial charge is 0.201 e. The van der Waals surface area contributed by atoms with E-state index in [4.69, 9.17) is 0 Å². The van der Waals surface area contributed by atoms with Gasteiger partial charge in [-0.2, -0.15) is 0 Å². The molecule has 13 heavy (non-hydrogen) atoms. The summed E-state index contributed by atoms with van der Waals surface area (Å²) in [5.41, 5.74) is 0.990. The maximum Gasteiger partial charge on any atom is 0.201 e. The molecule has 0 spiro atoms. The maximum atomic E-state index is 4.19. The normalized spacial score (nSPS) is 9.92. The number of nitrogens with zero attached hydrogens (tertiary/aromatic N) is 3. The van der Waals surface area contributed by atoms with Crippen LogP contribution in [0.2, 0.25) is 0 Å². The van der Waals surface area contributed by atoms with Crippen molar-refractivity contribution in [2.45, 2.75) is 6.92 Å². The fraction of sp³-hybridized carbons (Fsp3) is 0.100. The molecule has 63 valence electrons. The minimum Gasteiger partial charge on any atom is -0.213 e. The fourth-order valence-corrected chi connectivity index (χ4v) is 1.06. The predicted octanol–water partition coefficient (Wildman–Crippen LogP) is 1.65. The second-order valence-electron chi connectivity index (χ2n) is 2.67. The minimum atomic E-state index is 0.674. The molecule has 0 aliphatic rings. The Morgan fingerprint density at radius 3 is 2.54 bits per heavy atom. The van der Waals surface area contributed by atoms with Crippen LogP contribution in [0.1, 0.15) is 5.82 Å². The molecular weight excluding hydrogens is 162 g/mol. The van der Waals surface area contributed by atoms with Crippen molar-refractivity contribution in [3.05, 3.63) is 42.5 Å². The molecule has 1 aromatic heterocycles. The highest BCUT2D eigenvalue weighted by molar-refractivity contribution is 5.53. The van der Waals surface area contributed by atoms with E-state index in [1.54, 1.807) is 0 Å². The Kier molecular flexibility index (Phi) is 2.00. The lowest BCUT2D eigenvalue weighted by Crippen LogP contribution is -1.93. The Morgan fingerprint density at radius 2 is 1.85 bits per heavy atom. The summed E-state index contributed by atoms with van der Waals surface area (Å²) < 4.78 is 0. The first kappa shape index (κ1) is 7.86. The summed E-state index contributed by atoms with van der Waals surface area (Å²) in [6.45, 7) is 1.82. The van der Waals surface area contributed by atoms with Crippen LogP contribution in [0.4, 0.5) is 0 Å². The molecule has 0 unspecified atom stereocenters. The molecule has 0 aliphatic carbocycles. The SMILES string of the molecule is Cc1n[c]nc(-c2ccccc2)n1. The summed E-state index contributed by atoms with van der Waals surface area (Å²) >= 11 is 0. The van der Waals surface area contributed by atoms with Gasteiger partial charge in [-0.25, -0.2) is 15.0 Å². The Balaban J connectivity index is 2.48. The largest absolute Gasteiger partial charge is 0.213 e. The van der Waals surface area contributed by atoms with E-state index in [2.05, 4.69) is 21.3 Å². The Hall–Kier alpha value is -1.77. The van der Waals surface area contributed by atoms with Gasteiger partial charge in [0.2, 0.25) is 6.33 Å². The Bertz CT molecular complexity index is 398. The van der Waals surface area contributed by atoms with Gasteiger partial charge in [0, 0.05) is 5.56 Å². The Labute approximate surface area is 76.5 Å². The van der Waals surface area contributed by atoms with E-state index < -0.39 is 0 Å². The van der Waals surface area contributed by atoms with E-state index in [9.17, 15) is 0 Å². The van der Waals surface area contributed by atoms with Crippen LogP contribution in [0, 0.1) is 13.3 Å². The van der Waals surface area contributed by atoms with Crippen molar-refractivity contribution >= 4 is 0 Å². The quantitative estimate of drug-likeness (QED) is 0.653. The fourth-order valence-electron chi connectivity index (χ4n) is 1.06. The third-order valence-corrected chi connectivity index (χ3v) is 1.67. The average molecular weight is 170 g/mol. The zero-order valence-corrected chi connectivity index (χ0v) is 7.23. The summed E-state index contributed by atoms with van der Waals surface area (Å²) in [7, 11) is 0. The molecule has 1 heterocycles. The van der Waals surface area contributed by atoms with E-state index >= 15 is 0 Å². The van der Waals surface area contributed by atoms with Crippen LogP contribution in [0.3, 0.4) is 0 Å². The molecule has 0 aliphatic heterocycles. The third-order valence-electron chi connectivity index (χ3n) is 1.67. The number of benzene rings is 1. The molecule has 0 saturated carbocycles. The number of aromatic nitrogens is 3. The second-order valence-corrected chi connectivity index (χ2v) is 2.67. The van der Waals surface area contributed by atoms with Crippen molar-refractivity contribution in [3.63, 3.8) is 0 Å². The maximum absolute atomic E-state index is 4.19. The minimum absolute atomic E-state index is 0.674. The average Bonchev–Trinajstić information content (AvgIpc) is 2.19. The van der Waals surface area contributed by atoms with E-state index in [-0.39, 0.29) is 0 Å². The van der Waals surface area contributed by atoms with E-state index in [1.807, 2.05) is 37.3 Å². The molecule has 0 saturated heterocycles. The summed E-state index contributed by atoms with van der Waals surface area (Å²) in [4.78, 5) is 12.0. The molecule has 0 atom stereocenters. The van der Waals surface area contributed by atoms with Crippen molar-refractivity contribution in [1.29, 1.82) is 0 Å². The van der Waals surface area contributed by atoms with Gasteiger partial charge in [-0.05, 0) is 6.92 Å². The molecule has 3 heteroatoms. The first-order valence-corrected chi connectivity index (χ1v) is 4.00. The molecule has 3 nitrogen and oxygen atoms in total. The summed E-state index contributed by atoms with van der Waals surface area (Å²) in [6, 6.07) is 9.79. The van der Waals surface area contributed by atoms with E-state index in [0.29, 0.717) is 11.6 Å². The van der Waals surface area contributed by atoms with Crippen molar-refractivity contribution in [1.82, 2.24) is 15.0 Å². The number of aryl methyl sites for hydroxylation is 1. The second kappa shape index (κ2) is 3.31. The van der Waals surface area contributed by atoms with Gasteiger partial charge in [-0.1, -0.05) is 30.3 Å². The monoisotopic (exact) mass is 170 g/mol. The van der Waals surface area contributed by atoms with Crippen LogP contribution in [0.5, 0.6) is 0 Å². The summed E-state index contributed by atoms with van der Waals surface area (Å²) in [5, 5.41) is 0. The molecule has 1 radical (unpaired) electrons. The van der Waals surface area contributed by atoms with Gasteiger partial charge < -0.3 is 0 Å². The highest BCUT2D eigenvalue weighted by Gasteiger charge is 1.99. The van der Waals surface area contributed by atoms with E-state index in [1.165, 1.54) is 0 Å². The first-order chi connectivity index (χ1) is 6.36. The van der Waals surface area contributed by atoms with Crippen LogP contribution in [0.15, 0.2) is 30.3 Å². The molecule has 0 bridgehead atoms. The van der Waals surface area contributed by atoms with Crippen molar-refractivity contribution in [2.75, 3.05) is 0 Å². The van der Waals surface area contributed by atoms with Crippen molar-refractivity contribution in [3.8, 4) is 11.4 Å². The molecule has 0 fully saturated rings. The lowest BCUT2D eigenvalue weighted by Gasteiger charge is -1.97. The lowest BCUT2D eigenvalue weighted by molar-refractivity contribution is 0.973. The molecule has 1 aromatic carbocycles. The summed E-state index contributed by atoms with van der Waals surface area (Å²) in [5.74, 6) is 1.36. The van der Waals surface area contributed by atoms with Crippen molar-refractivity contribution < 1.29 is 0 Å². The highest BCUT2D eigenvalue weighted by atomic mass is 15.0.